The average molecular weight is 209 g/mol. The first-order valence-corrected chi connectivity index (χ1v) is 4.23. The lowest BCUT2D eigenvalue weighted by molar-refractivity contribution is -0.138. The van der Waals surface area contributed by atoms with E-state index >= 15 is 0 Å². The van der Waals surface area contributed by atoms with E-state index < -0.39 is 18.0 Å². The molecule has 1 aromatic carbocycles. The normalized spacial score (nSPS) is 11.9. The molecule has 1 rings (SSSR count). The maximum atomic E-state index is 11.3. The molecule has 0 spiro atoms. The predicted octanol–water partition coefficient (Wildman–Crippen LogP) is 0.558. The van der Waals surface area contributed by atoms with Crippen LogP contribution in [0.4, 0.5) is 0 Å². The number of nitrogens with two attached hydrogens (primary N) is 1. The first kappa shape index (κ1) is 11.2. The molecular weight excluding hydrogens is 198 g/mol. The molecule has 0 aliphatic heterocycles. The molecule has 0 saturated heterocycles. The third-order valence-electron chi connectivity index (χ3n) is 1.97. The molecule has 0 radical (unpaired) electrons. The van der Waals surface area contributed by atoms with Crippen LogP contribution in [0.1, 0.15) is 22.0 Å². The Balaban J connectivity index is 3.17. The van der Waals surface area contributed by atoms with Gasteiger partial charge in [-0.3, -0.25) is 4.79 Å². The Morgan fingerprint density at radius 1 is 1.40 bits per heavy atom. The van der Waals surface area contributed by atoms with E-state index in [9.17, 15) is 9.59 Å². The highest BCUT2D eigenvalue weighted by Gasteiger charge is 2.21. The van der Waals surface area contributed by atoms with E-state index in [0.717, 1.165) is 0 Å². The number of ether oxygens (including phenoxy) is 1. The second kappa shape index (κ2) is 4.56. The van der Waals surface area contributed by atoms with Gasteiger partial charge in [0.1, 0.15) is 6.04 Å². The molecule has 15 heavy (non-hydrogen) atoms. The second-order valence-electron chi connectivity index (χ2n) is 2.89. The minimum atomic E-state index is -1.22. The van der Waals surface area contributed by atoms with Crippen LogP contribution in [-0.4, -0.2) is 24.2 Å². The van der Waals surface area contributed by atoms with E-state index in [2.05, 4.69) is 4.74 Å². The number of carboxylic acids is 1. The number of methoxy groups -OCH3 is 1. The number of hydrogen-bond acceptors (Lipinski definition) is 4. The van der Waals surface area contributed by atoms with Crippen molar-refractivity contribution in [3.05, 3.63) is 35.4 Å². The fraction of sp³-hybridized carbons (Fsp3) is 0.200. The highest BCUT2D eigenvalue weighted by atomic mass is 16.5. The fourth-order valence-corrected chi connectivity index (χ4v) is 1.20. The van der Waals surface area contributed by atoms with E-state index in [1.807, 2.05) is 0 Å². The van der Waals surface area contributed by atoms with Crippen molar-refractivity contribution in [3.63, 3.8) is 0 Å². The number of carbonyl (C=O) groups is 2. The Labute approximate surface area is 86.5 Å². The summed E-state index contributed by atoms with van der Waals surface area (Å²) in [5, 5.41) is 8.74. The van der Waals surface area contributed by atoms with Crippen LogP contribution in [0.15, 0.2) is 24.3 Å². The van der Waals surface area contributed by atoms with Gasteiger partial charge in [0.15, 0.2) is 0 Å². The number of esters is 1. The lowest BCUT2D eigenvalue weighted by Gasteiger charge is -2.10. The third-order valence-corrected chi connectivity index (χ3v) is 1.97. The van der Waals surface area contributed by atoms with E-state index in [1.54, 1.807) is 12.1 Å². The largest absolute Gasteiger partial charge is 0.480 e. The van der Waals surface area contributed by atoms with Gasteiger partial charge >= 0.3 is 11.9 Å². The molecule has 0 saturated carbocycles. The molecule has 1 unspecified atom stereocenters. The molecule has 5 heteroatoms. The van der Waals surface area contributed by atoms with Gasteiger partial charge in [0.2, 0.25) is 0 Å². The van der Waals surface area contributed by atoms with Gasteiger partial charge in [0.05, 0.1) is 12.7 Å². The van der Waals surface area contributed by atoms with Crippen molar-refractivity contribution in [1.82, 2.24) is 0 Å². The standard InChI is InChI=1S/C10H11NO4/c1-15-10(14)7-5-3-2-4-6(7)8(11)9(12)13/h2-5,8H,11H2,1H3,(H,12,13). The number of hydrogen-bond donors (Lipinski definition) is 2. The summed E-state index contributed by atoms with van der Waals surface area (Å²) in [5.41, 5.74) is 5.85. The van der Waals surface area contributed by atoms with Crippen LogP contribution in [0, 0.1) is 0 Å². The van der Waals surface area contributed by atoms with Gasteiger partial charge < -0.3 is 15.6 Å². The van der Waals surface area contributed by atoms with Crippen molar-refractivity contribution in [2.45, 2.75) is 6.04 Å². The highest BCUT2D eigenvalue weighted by Crippen LogP contribution is 2.17. The van der Waals surface area contributed by atoms with Gasteiger partial charge in [-0.1, -0.05) is 18.2 Å². The molecule has 0 bridgehead atoms. The van der Waals surface area contributed by atoms with E-state index in [4.69, 9.17) is 10.8 Å². The summed E-state index contributed by atoms with van der Waals surface area (Å²) in [4.78, 5) is 22.0. The first-order chi connectivity index (χ1) is 7.07. The quantitative estimate of drug-likeness (QED) is 0.710. The van der Waals surface area contributed by atoms with E-state index in [0.29, 0.717) is 0 Å². The number of aliphatic carboxylic acids is 1. The third kappa shape index (κ3) is 2.32. The Morgan fingerprint density at radius 3 is 2.53 bits per heavy atom. The van der Waals surface area contributed by atoms with Gasteiger partial charge in [0, 0.05) is 0 Å². The second-order valence-corrected chi connectivity index (χ2v) is 2.89. The van der Waals surface area contributed by atoms with Gasteiger partial charge in [-0.05, 0) is 11.6 Å². The zero-order valence-corrected chi connectivity index (χ0v) is 8.14. The zero-order valence-electron chi connectivity index (χ0n) is 8.14. The van der Waals surface area contributed by atoms with Crippen LogP contribution >= 0.6 is 0 Å². The number of rotatable bonds is 3. The fourth-order valence-electron chi connectivity index (χ4n) is 1.20. The molecule has 0 fully saturated rings. The molecule has 1 atom stereocenters. The summed E-state index contributed by atoms with van der Waals surface area (Å²) < 4.78 is 4.52. The van der Waals surface area contributed by atoms with Crippen LogP contribution in [0.2, 0.25) is 0 Å². The maximum Gasteiger partial charge on any atom is 0.338 e. The van der Waals surface area contributed by atoms with Crippen molar-refractivity contribution in [3.8, 4) is 0 Å². The average Bonchev–Trinajstić information content (AvgIpc) is 2.27. The molecule has 0 aliphatic rings. The maximum absolute atomic E-state index is 11.3. The predicted molar refractivity (Wildman–Crippen MR) is 52.3 cm³/mol. The van der Waals surface area contributed by atoms with Crippen molar-refractivity contribution in [2.24, 2.45) is 5.73 Å². The Hall–Kier alpha value is -1.88. The van der Waals surface area contributed by atoms with Crippen molar-refractivity contribution >= 4 is 11.9 Å². The lowest BCUT2D eigenvalue weighted by Crippen LogP contribution is -2.23. The molecular formula is C10H11NO4. The molecule has 0 aromatic heterocycles. The molecule has 80 valence electrons. The van der Waals surface area contributed by atoms with E-state index in [-0.39, 0.29) is 11.1 Å². The zero-order chi connectivity index (χ0) is 11.4. The van der Waals surface area contributed by atoms with Gasteiger partial charge in [-0.25, -0.2) is 4.79 Å². The van der Waals surface area contributed by atoms with Gasteiger partial charge in [0.25, 0.3) is 0 Å². The van der Waals surface area contributed by atoms with Crippen LogP contribution < -0.4 is 5.73 Å². The SMILES string of the molecule is COC(=O)c1ccccc1C(N)C(=O)O. The van der Waals surface area contributed by atoms with E-state index in [1.165, 1.54) is 19.2 Å². The van der Waals surface area contributed by atoms with Gasteiger partial charge in [-0.15, -0.1) is 0 Å². The molecule has 0 amide bonds. The summed E-state index contributed by atoms with van der Waals surface area (Å²) in [6.45, 7) is 0. The molecule has 3 N–H and O–H groups in total. The number of benzene rings is 1. The topological polar surface area (TPSA) is 89.6 Å². The molecule has 0 heterocycles. The lowest BCUT2D eigenvalue weighted by atomic mass is 10.0. The monoisotopic (exact) mass is 209 g/mol. The van der Waals surface area contributed by atoms with Crippen molar-refractivity contribution in [1.29, 1.82) is 0 Å². The molecule has 1 aromatic rings. The summed E-state index contributed by atoms with van der Waals surface area (Å²) in [6.07, 6.45) is 0. The first-order valence-electron chi connectivity index (χ1n) is 4.23. The minimum absolute atomic E-state index is 0.176. The van der Waals surface area contributed by atoms with Crippen LogP contribution in [0.25, 0.3) is 0 Å². The number of carbonyl (C=O) groups excluding carboxylic acids is 1. The minimum Gasteiger partial charge on any atom is -0.480 e. The summed E-state index contributed by atoms with van der Waals surface area (Å²) in [6, 6.07) is 4.98. The molecule has 0 aliphatic carbocycles. The number of carboxylic acid groups (broad SMARTS) is 1. The van der Waals surface area contributed by atoms with Crippen LogP contribution in [0.5, 0.6) is 0 Å². The Kier molecular flexibility index (Phi) is 3.41. The highest BCUT2D eigenvalue weighted by molar-refractivity contribution is 5.93. The Morgan fingerprint density at radius 2 is 2.00 bits per heavy atom. The van der Waals surface area contributed by atoms with Crippen LogP contribution in [-0.2, 0) is 9.53 Å². The van der Waals surface area contributed by atoms with Crippen molar-refractivity contribution < 1.29 is 19.4 Å². The summed E-state index contributed by atoms with van der Waals surface area (Å²) in [7, 11) is 1.23. The van der Waals surface area contributed by atoms with Gasteiger partial charge in [-0.2, -0.15) is 0 Å². The smallest absolute Gasteiger partial charge is 0.338 e. The van der Waals surface area contributed by atoms with Crippen LogP contribution in [0.3, 0.4) is 0 Å². The summed E-state index contributed by atoms with van der Waals surface area (Å²) >= 11 is 0. The summed E-state index contributed by atoms with van der Waals surface area (Å²) in [5.74, 6) is -1.78. The molecule has 5 nitrogen and oxygen atoms in total. The van der Waals surface area contributed by atoms with Crippen molar-refractivity contribution in [2.75, 3.05) is 7.11 Å². The Bertz CT molecular complexity index is 389.